The number of hydrogen-bond acceptors (Lipinski definition) is 10. The summed E-state index contributed by atoms with van der Waals surface area (Å²) in [6.07, 6.45) is 0. The molecule has 3 heterocycles. The SMILES string of the molecule is CC1=NONC1C(=O)c1[nH]o[n+](=O)c1C(=O)c1nonc1C. The van der Waals surface area contributed by atoms with Crippen LogP contribution in [-0.2, 0) is 4.94 Å². The van der Waals surface area contributed by atoms with Crippen molar-refractivity contribution in [2.24, 2.45) is 5.16 Å². The average Bonchev–Trinajstić information content (AvgIpc) is 3.18. The maximum atomic E-state index is 12.4. The van der Waals surface area contributed by atoms with Crippen molar-refractivity contribution in [1.82, 2.24) is 21.0 Å². The van der Waals surface area contributed by atoms with Gasteiger partial charge in [-0.1, -0.05) is 20.1 Å². The van der Waals surface area contributed by atoms with Crippen LogP contribution in [0.15, 0.2) is 14.4 Å². The Balaban J connectivity index is 2.04. The number of carbonyl (C=O) groups is 2. The van der Waals surface area contributed by atoms with E-state index in [-0.39, 0.29) is 21.7 Å². The molecule has 0 fully saturated rings. The van der Waals surface area contributed by atoms with Crippen molar-refractivity contribution in [1.29, 1.82) is 0 Å². The van der Waals surface area contributed by atoms with Crippen LogP contribution in [-0.4, -0.2) is 38.8 Å². The highest BCUT2D eigenvalue weighted by atomic mass is 16.8. The maximum absolute atomic E-state index is 12.4. The highest BCUT2D eigenvalue weighted by Crippen LogP contribution is 2.13. The summed E-state index contributed by atoms with van der Waals surface area (Å²) >= 11 is 0. The van der Waals surface area contributed by atoms with Crippen molar-refractivity contribution in [3.8, 4) is 0 Å². The van der Waals surface area contributed by atoms with E-state index in [9.17, 15) is 14.5 Å². The lowest BCUT2D eigenvalue weighted by Crippen LogP contribution is -2.38. The Kier molecular flexibility index (Phi) is 3.14. The number of hydroxylamine groups is 1. The zero-order valence-electron chi connectivity index (χ0n) is 11.3. The fourth-order valence-electron chi connectivity index (χ4n) is 1.86. The lowest BCUT2D eigenvalue weighted by Gasteiger charge is -2.02. The number of oxime groups is 1. The molecule has 0 saturated carbocycles. The van der Waals surface area contributed by atoms with Gasteiger partial charge in [0.1, 0.15) is 5.69 Å². The Labute approximate surface area is 120 Å². The summed E-state index contributed by atoms with van der Waals surface area (Å²) in [4.78, 5) is 41.0. The summed E-state index contributed by atoms with van der Waals surface area (Å²) in [5.41, 5.74) is 1.73. The summed E-state index contributed by atoms with van der Waals surface area (Å²) in [5.74, 6) is -1.52. The van der Waals surface area contributed by atoms with Gasteiger partial charge in [-0.3, -0.25) is 14.5 Å². The number of carbonyl (C=O) groups excluding carboxylic acids is 2. The van der Waals surface area contributed by atoms with Gasteiger partial charge in [0.05, 0.1) is 5.71 Å². The first-order valence-electron chi connectivity index (χ1n) is 5.99. The molecule has 12 heteroatoms. The second-order valence-electron chi connectivity index (χ2n) is 4.44. The molecule has 3 rings (SSSR count). The number of aromatic amines is 1. The van der Waals surface area contributed by atoms with Gasteiger partial charge < -0.3 is 0 Å². The van der Waals surface area contributed by atoms with Gasteiger partial charge in [-0.25, -0.2) is 4.63 Å². The van der Waals surface area contributed by atoms with Crippen LogP contribution in [0.2, 0.25) is 0 Å². The predicted molar refractivity (Wildman–Crippen MR) is 64.3 cm³/mol. The monoisotopic (exact) mass is 309 g/mol. The molecule has 0 amide bonds. The maximum Gasteiger partial charge on any atom is 0.325 e. The first-order chi connectivity index (χ1) is 10.5. The van der Waals surface area contributed by atoms with E-state index in [2.05, 4.69) is 40.3 Å². The molecule has 114 valence electrons. The number of rotatable bonds is 4. The normalized spacial score (nSPS) is 17.2. The van der Waals surface area contributed by atoms with Crippen molar-refractivity contribution >= 4 is 17.3 Å². The third-order valence-corrected chi connectivity index (χ3v) is 3.02. The van der Waals surface area contributed by atoms with Gasteiger partial charge >= 0.3 is 5.69 Å². The summed E-state index contributed by atoms with van der Waals surface area (Å²) in [5, 5.41) is 12.5. The first-order valence-corrected chi connectivity index (χ1v) is 5.99. The lowest BCUT2D eigenvalue weighted by atomic mass is 10.0. The van der Waals surface area contributed by atoms with Crippen LogP contribution in [0, 0.1) is 11.8 Å². The Morgan fingerprint density at radius 2 is 2.05 bits per heavy atom. The van der Waals surface area contributed by atoms with E-state index >= 15 is 0 Å². The molecule has 1 aliphatic heterocycles. The Hall–Kier alpha value is -3.15. The van der Waals surface area contributed by atoms with Crippen LogP contribution >= 0.6 is 0 Å². The van der Waals surface area contributed by atoms with Gasteiger partial charge in [0.25, 0.3) is 11.5 Å². The fraction of sp³-hybridized carbons (Fsp3) is 0.300. The minimum atomic E-state index is -0.947. The van der Waals surface area contributed by atoms with Crippen LogP contribution in [0.3, 0.4) is 0 Å². The Morgan fingerprint density at radius 1 is 1.27 bits per heavy atom. The van der Waals surface area contributed by atoms with Crippen LogP contribution in [0.1, 0.15) is 39.3 Å². The number of H-pyrrole nitrogens is 1. The van der Waals surface area contributed by atoms with E-state index in [1.54, 1.807) is 6.92 Å². The fourth-order valence-corrected chi connectivity index (χ4v) is 1.86. The van der Waals surface area contributed by atoms with E-state index in [4.69, 9.17) is 0 Å². The molecular weight excluding hydrogens is 300 g/mol. The number of aryl methyl sites for hydroxylation is 1. The molecule has 12 nitrogen and oxygen atoms in total. The topological polar surface area (TPSA) is 159 Å². The standard InChI is InChI=1S/C10H8N6O6/c1-3-5(13-20-11-3)9(17)7-8(16(19)22-15-7)10(18)6-4(2)12-21-14-6/h5,13H,1-2H3/p+1. The minimum absolute atomic E-state index is 0.119. The zero-order valence-corrected chi connectivity index (χ0v) is 11.3. The van der Waals surface area contributed by atoms with E-state index in [1.807, 2.05) is 0 Å². The molecule has 0 aromatic carbocycles. The number of nitrogens with one attached hydrogen (secondary N) is 2. The van der Waals surface area contributed by atoms with Crippen LogP contribution in [0.25, 0.3) is 0 Å². The van der Waals surface area contributed by atoms with Crippen molar-refractivity contribution < 1.29 is 28.4 Å². The van der Waals surface area contributed by atoms with Crippen molar-refractivity contribution in [2.45, 2.75) is 19.9 Å². The molecule has 0 aliphatic carbocycles. The largest absolute Gasteiger partial charge is 0.325 e. The summed E-state index contributed by atoms with van der Waals surface area (Å²) < 4.78 is 8.77. The van der Waals surface area contributed by atoms with Crippen LogP contribution in [0.5, 0.6) is 0 Å². The van der Waals surface area contributed by atoms with E-state index < -0.39 is 23.3 Å². The molecule has 1 aliphatic rings. The molecule has 0 bridgehead atoms. The number of ketones is 2. The zero-order chi connectivity index (χ0) is 15.9. The molecule has 0 spiro atoms. The quantitative estimate of drug-likeness (QED) is 0.669. The van der Waals surface area contributed by atoms with Crippen molar-refractivity contribution in [2.75, 3.05) is 0 Å². The van der Waals surface area contributed by atoms with Gasteiger partial charge in [0, 0.05) is 0 Å². The lowest BCUT2D eigenvalue weighted by molar-refractivity contribution is -0.714. The molecule has 0 saturated heterocycles. The molecule has 2 aromatic heterocycles. The van der Waals surface area contributed by atoms with Gasteiger partial charge in [0.2, 0.25) is 5.78 Å². The number of hydrogen-bond donors (Lipinski definition) is 2. The van der Waals surface area contributed by atoms with Gasteiger partial charge in [-0.2, -0.15) is 0 Å². The predicted octanol–water partition coefficient (Wildman–Crippen LogP) is -1.09. The molecular formula is C10H9N6O6+. The second kappa shape index (κ2) is 5.00. The summed E-state index contributed by atoms with van der Waals surface area (Å²) in [6, 6.07) is -0.947. The summed E-state index contributed by atoms with van der Waals surface area (Å²) in [7, 11) is 0. The average molecular weight is 309 g/mol. The third-order valence-electron chi connectivity index (χ3n) is 3.02. The Morgan fingerprint density at radius 3 is 2.64 bits per heavy atom. The van der Waals surface area contributed by atoms with Crippen molar-refractivity contribution in [3.05, 3.63) is 27.7 Å². The smallest absolute Gasteiger partial charge is 0.299 e. The molecule has 2 aromatic rings. The van der Waals surface area contributed by atoms with E-state index in [0.29, 0.717) is 5.71 Å². The number of aromatic nitrogens is 4. The van der Waals surface area contributed by atoms with Gasteiger partial charge in [-0.05, 0) is 23.9 Å². The van der Waals surface area contributed by atoms with E-state index in [1.165, 1.54) is 6.92 Å². The third kappa shape index (κ3) is 2.01. The molecule has 2 N–H and O–H groups in total. The second-order valence-corrected chi connectivity index (χ2v) is 4.44. The number of Topliss-reactive ketones (excluding diaryl/α,β-unsaturated/α-hetero) is 1. The molecule has 0 radical (unpaired) electrons. The highest BCUT2D eigenvalue weighted by molar-refractivity contribution is 6.19. The van der Waals surface area contributed by atoms with Crippen LogP contribution in [0.4, 0.5) is 0 Å². The molecule has 1 atom stereocenters. The number of nitrogens with zero attached hydrogens (tertiary/aromatic N) is 4. The molecule has 22 heavy (non-hydrogen) atoms. The van der Waals surface area contributed by atoms with E-state index in [0.717, 1.165) is 0 Å². The van der Waals surface area contributed by atoms with Crippen LogP contribution < -0.4 is 10.1 Å². The van der Waals surface area contributed by atoms with Crippen molar-refractivity contribution in [3.63, 3.8) is 0 Å². The first kappa shape index (κ1) is 13.8. The molecule has 1 unspecified atom stereocenters. The summed E-state index contributed by atoms with van der Waals surface area (Å²) in [6.45, 7) is 3.01. The van der Waals surface area contributed by atoms with Gasteiger partial charge in [-0.15, -0.1) is 5.48 Å². The highest BCUT2D eigenvalue weighted by Gasteiger charge is 2.41. The minimum Gasteiger partial charge on any atom is -0.299 e. The van der Waals surface area contributed by atoms with Gasteiger partial charge in [0.15, 0.2) is 16.3 Å². The Bertz CT molecular complexity index is 844.